The Hall–Kier alpha value is -3.01. The zero-order valence-electron chi connectivity index (χ0n) is 20.9. The molecular formula is C28H29BrF3N5O. The molecule has 38 heavy (non-hydrogen) atoms. The van der Waals surface area contributed by atoms with Crippen LogP contribution < -0.4 is 21.3 Å². The molecule has 2 aromatic carbocycles. The number of fused-ring (bicyclic) bond motifs is 1. The first kappa shape index (κ1) is 25.3. The number of primary amides is 1. The highest BCUT2D eigenvalue weighted by molar-refractivity contribution is 9.10. The number of nitrogens with zero attached hydrogens (tertiary/aromatic N) is 3. The summed E-state index contributed by atoms with van der Waals surface area (Å²) in [5, 5.41) is 0.626. The maximum Gasteiger partial charge on any atom is 0.251 e. The number of hydrogen-bond donors (Lipinski definition) is 2. The molecule has 1 aromatic heterocycles. The molecule has 1 spiro atoms. The van der Waals surface area contributed by atoms with Gasteiger partial charge in [-0.1, -0.05) is 15.9 Å². The number of halogens is 4. The Morgan fingerprint density at radius 3 is 2.18 bits per heavy atom. The summed E-state index contributed by atoms with van der Waals surface area (Å²) in [6, 6.07) is 8.46. The van der Waals surface area contributed by atoms with Crippen molar-refractivity contribution < 1.29 is 18.0 Å². The van der Waals surface area contributed by atoms with Crippen LogP contribution in [0.2, 0.25) is 0 Å². The number of rotatable bonds is 4. The fourth-order valence-corrected chi connectivity index (χ4v) is 6.53. The summed E-state index contributed by atoms with van der Waals surface area (Å²) in [4.78, 5) is 20.8. The number of nitrogen functional groups attached to an aromatic ring is 1. The van der Waals surface area contributed by atoms with Crippen molar-refractivity contribution in [1.29, 1.82) is 0 Å². The van der Waals surface area contributed by atoms with E-state index in [1.54, 1.807) is 35.2 Å². The topological polar surface area (TPSA) is 88.5 Å². The second-order valence-electron chi connectivity index (χ2n) is 10.9. The second-order valence-corrected chi connectivity index (χ2v) is 11.8. The molecule has 200 valence electrons. The van der Waals surface area contributed by atoms with Gasteiger partial charge >= 0.3 is 0 Å². The molecular weight excluding hydrogens is 559 g/mol. The molecule has 3 fully saturated rings. The minimum absolute atomic E-state index is 0.0114. The fourth-order valence-electron chi connectivity index (χ4n) is 6.00. The van der Waals surface area contributed by atoms with Crippen LogP contribution >= 0.6 is 15.9 Å². The van der Waals surface area contributed by atoms with Crippen LogP contribution in [-0.2, 0) is 0 Å². The number of piperidine rings is 2. The first-order chi connectivity index (χ1) is 18.1. The van der Waals surface area contributed by atoms with Crippen LogP contribution in [0.4, 0.5) is 30.4 Å². The summed E-state index contributed by atoms with van der Waals surface area (Å²) < 4.78 is 45.3. The molecule has 1 aliphatic carbocycles. The lowest BCUT2D eigenvalue weighted by molar-refractivity contribution is -0.0221. The van der Waals surface area contributed by atoms with E-state index in [2.05, 4.69) is 25.8 Å². The highest BCUT2D eigenvalue weighted by atomic mass is 79.9. The van der Waals surface area contributed by atoms with Gasteiger partial charge in [-0.25, -0.2) is 18.2 Å². The van der Waals surface area contributed by atoms with Crippen molar-refractivity contribution in [2.24, 2.45) is 11.1 Å². The molecule has 3 heterocycles. The highest BCUT2D eigenvalue weighted by Gasteiger charge is 2.45. The molecule has 1 amide bonds. The number of anilines is 3. The van der Waals surface area contributed by atoms with E-state index >= 15 is 4.39 Å². The Morgan fingerprint density at radius 1 is 0.921 bits per heavy atom. The summed E-state index contributed by atoms with van der Waals surface area (Å²) in [5.41, 5.74) is 14.4. The number of benzene rings is 2. The Balaban J connectivity index is 1.56. The van der Waals surface area contributed by atoms with Gasteiger partial charge in [0.2, 0.25) is 0 Å². The lowest BCUT2D eigenvalue weighted by atomic mass is 9.90. The number of alkyl halides is 2. The van der Waals surface area contributed by atoms with Crippen LogP contribution in [-0.4, -0.2) is 43.0 Å². The van der Waals surface area contributed by atoms with Gasteiger partial charge in [0.15, 0.2) is 5.82 Å². The van der Waals surface area contributed by atoms with Crippen molar-refractivity contribution in [3.8, 4) is 11.1 Å². The second kappa shape index (κ2) is 9.03. The predicted octanol–water partition coefficient (Wildman–Crippen LogP) is 6.10. The van der Waals surface area contributed by atoms with Crippen molar-refractivity contribution in [3.63, 3.8) is 0 Å². The van der Waals surface area contributed by atoms with Crippen LogP contribution in [0.25, 0.3) is 22.0 Å². The number of pyridine rings is 1. The average molecular weight is 588 g/mol. The molecule has 4 N–H and O–H groups in total. The minimum Gasteiger partial charge on any atom is -0.384 e. The Bertz CT molecular complexity index is 1440. The Labute approximate surface area is 227 Å². The molecule has 6 rings (SSSR count). The van der Waals surface area contributed by atoms with Gasteiger partial charge in [0.25, 0.3) is 11.8 Å². The van der Waals surface area contributed by atoms with Crippen molar-refractivity contribution in [2.45, 2.75) is 44.4 Å². The molecule has 3 aliphatic rings. The van der Waals surface area contributed by atoms with Crippen LogP contribution in [0, 0.1) is 11.2 Å². The van der Waals surface area contributed by atoms with E-state index in [1.165, 1.54) is 12.8 Å². The van der Waals surface area contributed by atoms with Gasteiger partial charge in [0, 0.05) is 60.0 Å². The van der Waals surface area contributed by atoms with Crippen LogP contribution in [0.5, 0.6) is 0 Å². The van der Waals surface area contributed by atoms with Crippen molar-refractivity contribution >= 4 is 49.9 Å². The highest BCUT2D eigenvalue weighted by Crippen LogP contribution is 2.55. The van der Waals surface area contributed by atoms with Gasteiger partial charge in [0.1, 0.15) is 11.5 Å². The zero-order valence-corrected chi connectivity index (χ0v) is 22.5. The number of amides is 1. The summed E-state index contributed by atoms with van der Waals surface area (Å²) in [6.45, 7) is 1.46. The van der Waals surface area contributed by atoms with Crippen molar-refractivity contribution in [1.82, 2.24) is 4.98 Å². The lowest BCUT2D eigenvalue weighted by Crippen LogP contribution is -2.40. The van der Waals surface area contributed by atoms with Crippen molar-refractivity contribution in [3.05, 3.63) is 46.2 Å². The summed E-state index contributed by atoms with van der Waals surface area (Å²) in [6.07, 6.45) is 3.72. The molecule has 10 heteroatoms. The lowest BCUT2D eigenvalue weighted by Gasteiger charge is -2.37. The molecule has 0 bridgehead atoms. The maximum absolute atomic E-state index is 16.7. The van der Waals surface area contributed by atoms with E-state index in [9.17, 15) is 13.6 Å². The van der Waals surface area contributed by atoms with E-state index in [1.807, 2.05) is 0 Å². The Kier molecular flexibility index (Phi) is 6.01. The number of carbonyl (C=O) groups is 1. The smallest absolute Gasteiger partial charge is 0.251 e. The van der Waals surface area contributed by atoms with E-state index in [0.29, 0.717) is 37.6 Å². The number of carbonyl (C=O) groups excluding carboxylic acids is 1. The van der Waals surface area contributed by atoms with E-state index in [0.717, 1.165) is 25.9 Å². The Morgan fingerprint density at radius 2 is 1.55 bits per heavy atom. The standard InChI is InChI=1S/C28H29BrF3N5O/c29-19-3-2-17(26(34)38)24(36-11-7-27(5-6-27)8-12-36)21(19)18-15-16-1-4-20(33)35-23(16)25(22(18)30)37-13-9-28(31,32)10-14-37/h1-4,15H,5-14H2,(H2,33,35)(H2,34,38). The molecule has 0 atom stereocenters. The maximum atomic E-state index is 16.7. The zero-order chi connectivity index (χ0) is 26.8. The molecule has 0 unspecified atom stereocenters. The van der Waals surface area contributed by atoms with Gasteiger partial charge in [-0.2, -0.15) is 0 Å². The third kappa shape index (κ3) is 4.36. The van der Waals surface area contributed by atoms with Gasteiger partial charge in [0.05, 0.1) is 16.8 Å². The van der Waals surface area contributed by atoms with Gasteiger partial charge in [-0.3, -0.25) is 4.79 Å². The number of nitrogens with two attached hydrogens (primary N) is 2. The number of hydrogen-bond acceptors (Lipinski definition) is 5. The fraction of sp³-hybridized carbons (Fsp3) is 0.429. The van der Waals surface area contributed by atoms with E-state index in [4.69, 9.17) is 11.5 Å². The normalized spacial score (nSPS) is 20.2. The summed E-state index contributed by atoms with van der Waals surface area (Å²) >= 11 is 3.62. The quantitative estimate of drug-likeness (QED) is 0.385. The number of aromatic nitrogens is 1. The predicted molar refractivity (Wildman–Crippen MR) is 147 cm³/mol. The molecule has 6 nitrogen and oxygen atoms in total. The van der Waals surface area contributed by atoms with Crippen LogP contribution in [0.1, 0.15) is 48.9 Å². The van der Waals surface area contributed by atoms with Gasteiger partial charge in [-0.05, 0) is 61.4 Å². The van der Waals surface area contributed by atoms with Gasteiger partial charge in [-0.15, -0.1) is 0 Å². The SMILES string of the molecule is NC(=O)c1ccc(Br)c(-c2cc3ccc(N)nc3c(N3CCC(F)(F)CC3)c2F)c1N1CCC2(CC1)CC2. The third-order valence-corrected chi connectivity index (χ3v) is 9.15. The summed E-state index contributed by atoms with van der Waals surface area (Å²) in [5.74, 6) is -3.74. The van der Waals surface area contributed by atoms with E-state index < -0.39 is 17.6 Å². The molecule has 2 saturated heterocycles. The molecule has 0 radical (unpaired) electrons. The third-order valence-electron chi connectivity index (χ3n) is 8.49. The average Bonchev–Trinajstić information content (AvgIpc) is 3.63. The van der Waals surface area contributed by atoms with Gasteiger partial charge < -0.3 is 21.3 Å². The minimum atomic E-state index is -2.79. The first-order valence-electron chi connectivity index (χ1n) is 13.0. The first-order valence-corrected chi connectivity index (χ1v) is 13.8. The van der Waals surface area contributed by atoms with Crippen molar-refractivity contribution in [2.75, 3.05) is 41.7 Å². The molecule has 1 saturated carbocycles. The van der Waals surface area contributed by atoms with Crippen LogP contribution in [0.3, 0.4) is 0 Å². The van der Waals surface area contributed by atoms with E-state index in [-0.39, 0.29) is 43.0 Å². The largest absolute Gasteiger partial charge is 0.384 e. The molecule has 2 aliphatic heterocycles. The monoisotopic (exact) mass is 587 g/mol. The summed E-state index contributed by atoms with van der Waals surface area (Å²) in [7, 11) is 0. The molecule has 3 aromatic rings. The van der Waals surface area contributed by atoms with Crippen LogP contribution in [0.15, 0.2) is 34.8 Å².